The highest BCUT2D eigenvalue weighted by Gasteiger charge is 2.26. The molecule has 0 unspecified atom stereocenters. The van der Waals surface area contributed by atoms with Crippen molar-refractivity contribution in [3.05, 3.63) is 121 Å². The zero-order valence-electron chi connectivity index (χ0n) is 21.1. The fourth-order valence-corrected chi connectivity index (χ4v) is 6.09. The molecule has 0 atom stereocenters. The van der Waals surface area contributed by atoms with Gasteiger partial charge in [0.1, 0.15) is 0 Å². The van der Waals surface area contributed by atoms with Crippen LogP contribution in [0.3, 0.4) is 0 Å². The number of H-pyrrole nitrogens is 1. The fourth-order valence-electron chi connectivity index (χ4n) is 6.09. The molecule has 5 aromatic carbocycles. The maximum atomic E-state index is 7.03. The van der Waals surface area contributed by atoms with Gasteiger partial charge in [0.05, 0.1) is 33.8 Å². The highest BCUT2D eigenvalue weighted by molar-refractivity contribution is 6.11. The monoisotopic (exact) mass is 503 g/mol. The Balaban J connectivity index is 1.53. The number of nitrogen functional groups attached to an aromatic ring is 2. The average molecular weight is 504 g/mol. The summed E-state index contributed by atoms with van der Waals surface area (Å²) in [7, 11) is 0. The van der Waals surface area contributed by atoms with Crippen molar-refractivity contribution in [3.8, 4) is 22.8 Å². The molecule has 0 aliphatic rings. The molecule has 3 aromatic heterocycles. The number of aromatic amines is 1. The van der Waals surface area contributed by atoms with Crippen molar-refractivity contribution in [2.75, 3.05) is 11.5 Å². The topological polar surface area (TPSA) is 77.7 Å². The summed E-state index contributed by atoms with van der Waals surface area (Å²) in [5, 5.41) is 4.36. The molecule has 0 aliphatic carbocycles. The predicted octanol–water partition coefficient (Wildman–Crippen LogP) is 8.04. The van der Waals surface area contributed by atoms with Crippen LogP contribution in [0.25, 0.3) is 66.4 Å². The smallest absolute Gasteiger partial charge is 0.0964 e. The van der Waals surface area contributed by atoms with Gasteiger partial charge >= 0.3 is 0 Å². The van der Waals surface area contributed by atoms with Crippen LogP contribution < -0.4 is 11.5 Å². The quantitative estimate of drug-likeness (QED) is 0.228. The number of hydrogen-bond donors (Lipinski definition) is 3. The van der Waals surface area contributed by atoms with Gasteiger partial charge in [0.25, 0.3) is 0 Å². The second kappa shape index (κ2) is 8.04. The highest BCUT2D eigenvalue weighted by atomic mass is 15.1. The van der Waals surface area contributed by atoms with E-state index in [1.54, 1.807) is 0 Å². The minimum Gasteiger partial charge on any atom is -0.396 e. The largest absolute Gasteiger partial charge is 0.396 e. The first-order valence-electron chi connectivity index (χ1n) is 13.0. The molecule has 186 valence electrons. The fraction of sp³-hybridized carbons (Fsp3) is 0. The number of fused-ring (bicyclic) bond motifs is 5. The van der Waals surface area contributed by atoms with E-state index in [9.17, 15) is 0 Å². The minimum atomic E-state index is 0.705. The van der Waals surface area contributed by atoms with Crippen LogP contribution in [0.15, 0.2) is 121 Å². The number of benzene rings is 5. The molecule has 8 rings (SSSR count). The summed E-state index contributed by atoms with van der Waals surface area (Å²) in [6, 6.07) is 41.9. The summed E-state index contributed by atoms with van der Waals surface area (Å²) in [6.07, 6.45) is 0. The molecule has 5 heteroatoms. The van der Waals surface area contributed by atoms with Crippen LogP contribution >= 0.6 is 0 Å². The van der Waals surface area contributed by atoms with E-state index < -0.39 is 0 Å². The van der Waals surface area contributed by atoms with Crippen molar-refractivity contribution >= 4 is 55.0 Å². The Hall–Kier alpha value is -5.42. The molecule has 5 nitrogen and oxygen atoms in total. The van der Waals surface area contributed by atoms with E-state index in [2.05, 4.69) is 105 Å². The Morgan fingerprint density at radius 2 is 0.949 bits per heavy atom. The maximum absolute atomic E-state index is 7.03. The van der Waals surface area contributed by atoms with E-state index in [-0.39, 0.29) is 0 Å². The molecule has 0 saturated carbocycles. The van der Waals surface area contributed by atoms with Gasteiger partial charge in [0.2, 0.25) is 0 Å². The highest BCUT2D eigenvalue weighted by Crippen LogP contribution is 2.45. The third kappa shape index (κ3) is 3.01. The average Bonchev–Trinajstić information content (AvgIpc) is 3.60. The molecule has 5 N–H and O–H groups in total. The van der Waals surface area contributed by atoms with Gasteiger partial charge in [0, 0.05) is 44.0 Å². The second-order valence-electron chi connectivity index (χ2n) is 9.97. The normalized spacial score (nSPS) is 11.8. The lowest BCUT2D eigenvalue weighted by Gasteiger charge is -2.16. The van der Waals surface area contributed by atoms with Gasteiger partial charge in [0.15, 0.2) is 0 Å². The number of hydrogen-bond acceptors (Lipinski definition) is 2. The lowest BCUT2D eigenvalue weighted by molar-refractivity contribution is 1.07. The Morgan fingerprint density at radius 1 is 0.436 bits per heavy atom. The van der Waals surface area contributed by atoms with Crippen molar-refractivity contribution < 1.29 is 0 Å². The van der Waals surface area contributed by atoms with E-state index in [1.165, 1.54) is 10.8 Å². The third-order valence-corrected chi connectivity index (χ3v) is 7.81. The minimum absolute atomic E-state index is 0.705. The first-order valence-corrected chi connectivity index (χ1v) is 13.0. The van der Waals surface area contributed by atoms with Gasteiger partial charge in [-0.1, -0.05) is 72.8 Å². The van der Waals surface area contributed by atoms with Crippen molar-refractivity contribution in [1.82, 2.24) is 14.1 Å². The molecule has 0 radical (unpaired) electrons. The van der Waals surface area contributed by atoms with Gasteiger partial charge in [-0.05, 0) is 48.5 Å². The van der Waals surface area contributed by atoms with E-state index in [0.29, 0.717) is 11.4 Å². The van der Waals surface area contributed by atoms with Crippen LogP contribution in [-0.4, -0.2) is 14.1 Å². The molecular formula is C34H25N5. The lowest BCUT2D eigenvalue weighted by atomic mass is 10.1. The summed E-state index contributed by atoms with van der Waals surface area (Å²) in [5.74, 6) is 0. The zero-order chi connectivity index (χ0) is 26.1. The van der Waals surface area contributed by atoms with Crippen LogP contribution in [0.2, 0.25) is 0 Å². The third-order valence-electron chi connectivity index (χ3n) is 7.81. The molecular weight excluding hydrogens is 478 g/mol. The van der Waals surface area contributed by atoms with E-state index in [0.717, 1.165) is 55.6 Å². The van der Waals surface area contributed by atoms with Gasteiger partial charge in [-0.2, -0.15) is 0 Å². The molecule has 0 bridgehead atoms. The van der Waals surface area contributed by atoms with Crippen molar-refractivity contribution in [3.63, 3.8) is 0 Å². The summed E-state index contributed by atoms with van der Waals surface area (Å²) in [5.41, 5.74) is 23.6. The SMILES string of the molecule is Nc1c(-c2c(N)c3ccccc3n2-c2ccc3[nH]c4ccccc4c3c2)n(-c2ccccc2)c2ccccc12. The van der Waals surface area contributed by atoms with Gasteiger partial charge in [-0.3, -0.25) is 0 Å². The molecule has 0 amide bonds. The Bertz CT molecular complexity index is 2190. The molecule has 3 heterocycles. The van der Waals surface area contributed by atoms with Crippen molar-refractivity contribution in [2.45, 2.75) is 0 Å². The number of nitrogens with two attached hydrogens (primary N) is 2. The first kappa shape index (κ1) is 21.6. The van der Waals surface area contributed by atoms with Crippen LogP contribution in [0.4, 0.5) is 11.4 Å². The molecule has 0 saturated heterocycles. The number of rotatable bonds is 3. The summed E-state index contributed by atoms with van der Waals surface area (Å²) < 4.78 is 4.49. The standard InChI is InChI=1S/C34H25N5/c35-31-24-13-5-8-16-29(24)38(21-10-2-1-3-11-21)33(31)34-32(36)25-14-6-9-17-30(25)39(34)22-18-19-28-26(20-22)23-12-4-7-15-27(23)37-28/h1-20,37H,35-36H2. The first-order chi connectivity index (χ1) is 19.2. The van der Waals surface area contributed by atoms with Gasteiger partial charge in [-0.15, -0.1) is 0 Å². The number of para-hydroxylation sites is 4. The predicted molar refractivity (Wildman–Crippen MR) is 164 cm³/mol. The maximum Gasteiger partial charge on any atom is 0.0964 e. The van der Waals surface area contributed by atoms with E-state index >= 15 is 0 Å². The molecule has 8 aromatic rings. The van der Waals surface area contributed by atoms with Crippen LogP contribution in [0.1, 0.15) is 0 Å². The van der Waals surface area contributed by atoms with E-state index in [1.807, 2.05) is 30.3 Å². The number of nitrogens with zero attached hydrogens (tertiary/aromatic N) is 2. The zero-order valence-corrected chi connectivity index (χ0v) is 21.1. The number of anilines is 2. The van der Waals surface area contributed by atoms with Crippen molar-refractivity contribution in [2.24, 2.45) is 0 Å². The Labute approximate surface area is 224 Å². The summed E-state index contributed by atoms with van der Waals surface area (Å²) in [4.78, 5) is 3.54. The molecule has 0 aliphatic heterocycles. The van der Waals surface area contributed by atoms with Crippen LogP contribution in [0, 0.1) is 0 Å². The van der Waals surface area contributed by atoms with E-state index in [4.69, 9.17) is 11.5 Å². The summed E-state index contributed by atoms with van der Waals surface area (Å²) in [6.45, 7) is 0. The molecule has 0 fully saturated rings. The summed E-state index contributed by atoms with van der Waals surface area (Å²) >= 11 is 0. The van der Waals surface area contributed by atoms with Crippen molar-refractivity contribution in [1.29, 1.82) is 0 Å². The Kier molecular flexibility index (Phi) is 4.46. The van der Waals surface area contributed by atoms with Gasteiger partial charge < -0.3 is 25.6 Å². The molecule has 0 spiro atoms. The Morgan fingerprint density at radius 3 is 1.62 bits per heavy atom. The van der Waals surface area contributed by atoms with Gasteiger partial charge in [-0.25, -0.2) is 0 Å². The second-order valence-corrected chi connectivity index (χ2v) is 9.97. The van der Waals surface area contributed by atoms with Crippen LogP contribution in [0.5, 0.6) is 0 Å². The number of aromatic nitrogens is 3. The number of nitrogens with one attached hydrogen (secondary N) is 1. The lowest BCUT2D eigenvalue weighted by Crippen LogP contribution is -2.05. The molecule has 39 heavy (non-hydrogen) atoms. The van der Waals surface area contributed by atoms with Crippen LogP contribution in [-0.2, 0) is 0 Å².